The Morgan fingerprint density at radius 1 is 1.17 bits per heavy atom. The molecule has 0 bridgehead atoms. The van der Waals surface area contributed by atoms with Crippen LogP contribution in [0.15, 0.2) is 42.5 Å². The van der Waals surface area contributed by atoms with E-state index in [1.54, 1.807) is 31.2 Å². The van der Waals surface area contributed by atoms with Gasteiger partial charge in [-0.2, -0.15) is 0 Å². The second kappa shape index (κ2) is 5.19. The van der Waals surface area contributed by atoms with Crippen LogP contribution in [0, 0.1) is 12.7 Å². The highest BCUT2D eigenvalue weighted by atomic mass is 19.1. The number of hydrogen-bond acceptors (Lipinski definition) is 2. The van der Waals surface area contributed by atoms with Crippen molar-refractivity contribution in [1.29, 1.82) is 0 Å². The summed E-state index contributed by atoms with van der Waals surface area (Å²) in [5, 5.41) is 19.5. The van der Waals surface area contributed by atoms with Gasteiger partial charge < -0.3 is 10.2 Å². The Morgan fingerprint density at radius 2 is 1.94 bits per heavy atom. The molecule has 2 aromatic carbocycles. The Balaban J connectivity index is 2.19. The number of halogens is 1. The normalized spacial score (nSPS) is 12.4. The van der Waals surface area contributed by atoms with E-state index in [0.29, 0.717) is 12.0 Å². The van der Waals surface area contributed by atoms with Gasteiger partial charge in [0.25, 0.3) is 0 Å². The van der Waals surface area contributed by atoms with Crippen molar-refractivity contribution in [1.82, 2.24) is 0 Å². The number of rotatable bonds is 3. The zero-order valence-electron chi connectivity index (χ0n) is 10.1. The molecule has 18 heavy (non-hydrogen) atoms. The summed E-state index contributed by atoms with van der Waals surface area (Å²) in [5.41, 5.74) is 2.27. The average molecular weight is 246 g/mol. The van der Waals surface area contributed by atoms with Gasteiger partial charge >= 0.3 is 0 Å². The van der Waals surface area contributed by atoms with Gasteiger partial charge in [-0.3, -0.25) is 0 Å². The molecule has 0 saturated heterocycles. The molecule has 94 valence electrons. The van der Waals surface area contributed by atoms with Crippen molar-refractivity contribution in [3.63, 3.8) is 0 Å². The molecule has 2 aromatic rings. The van der Waals surface area contributed by atoms with Crippen molar-refractivity contribution in [3.05, 3.63) is 65.0 Å². The van der Waals surface area contributed by atoms with Crippen molar-refractivity contribution in [2.75, 3.05) is 0 Å². The van der Waals surface area contributed by atoms with Gasteiger partial charge in [-0.05, 0) is 47.9 Å². The fraction of sp³-hybridized carbons (Fsp3) is 0.200. The van der Waals surface area contributed by atoms with Crippen LogP contribution in [0.2, 0.25) is 0 Å². The summed E-state index contributed by atoms with van der Waals surface area (Å²) < 4.78 is 13.0. The Morgan fingerprint density at radius 3 is 2.61 bits per heavy atom. The second-order valence-corrected chi connectivity index (χ2v) is 4.39. The monoisotopic (exact) mass is 246 g/mol. The summed E-state index contributed by atoms with van der Waals surface area (Å²) in [4.78, 5) is 0. The van der Waals surface area contributed by atoms with E-state index >= 15 is 0 Å². The highest BCUT2D eigenvalue weighted by molar-refractivity contribution is 5.32. The van der Waals surface area contributed by atoms with Gasteiger partial charge in [0.1, 0.15) is 11.6 Å². The van der Waals surface area contributed by atoms with E-state index in [4.69, 9.17) is 0 Å². The van der Waals surface area contributed by atoms with Crippen molar-refractivity contribution in [2.45, 2.75) is 19.4 Å². The molecule has 2 nitrogen and oxygen atoms in total. The minimum atomic E-state index is -0.701. The average Bonchev–Trinajstić information content (AvgIpc) is 2.28. The van der Waals surface area contributed by atoms with Gasteiger partial charge in [-0.15, -0.1) is 0 Å². The minimum Gasteiger partial charge on any atom is -0.508 e. The molecule has 3 heteroatoms. The number of aliphatic hydroxyl groups excluding tert-OH is 1. The van der Waals surface area contributed by atoms with Crippen LogP contribution >= 0.6 is 0 Å². The van der Waals surface area contributed by atoms with Crippen molar-refractivity contribution in [2.24, 2.45) is 0 Å². The Bertz CT molecular complexity index is 552. The highest BCUT2D eigenvalue weighted by Crippen LogP contribution is 2.23. The molecule has 0 aliphatic carbocycles. The largest absolute Gasteiger partial charge is 0.508 e. The van der Waals surface area contributed by atoms with Gasteiger partial charge in [0.2, 0.25) is 0 Å². The molecule has 0 aliphatic rings. The third-order valence-electron chi connectivity index (χ3n) is 2.93. The van der Waals surface area contributed by atoms with E-state index in [-0.39, 0.29) is 11.6 Å². The molecule has 1 unspecified atom stereocenters. The van der Waals surface area contributed by atoms with Crippen LogP contribution in [-0.4, -0.2) is 10.2 Å². The number of benzene rings is 2. The fourth-order valence-corrected chi connectivity index (χ4v) is 2.03. The number of phenolic OH excluding ortho intramolecular Hbond substituents is 1. The van der Waals surface area contributed by atoms with E-state index in [2.05, 4.69) is 0 Å². The molecule has 0 spiro atoms. The molecule has 2 N–H and O–H groups in total. The number of aromatic hydroxyl groups is 1. The Hall–Kier alpha value is -1.87. The first-order valence-electron chi connectivity index (χ1n) is 5.78. The summed E-state index contributed by atoms with van der Waals surface area (Å²) in [6.07, 6.45) is -0.312. The van der Waals surface area contributed by atoms with E-state index in [1.807, 2.05) is 6.07 Å². The first kappa shape index (κ1) is 12.6. The smallest absolute Gasteiger partial charge is 0.123 e. The number of aryl methyl sites for hydroxylation is 1. The summed E-state index contributed by atoms with van der Waals surface area (Å²) >= 11 is 0. The second-order valence-electron chi connectivity index (χ2n) is 4.39. The van der Waals surface area contributed by atoms with Crippen LogP contribution in [0.4, 0.5) is 4.39 Å². The molecular formula is C15H15FO2. The summed E-state index contributed by atoms with van der Waals surface area (Å²) in [7, 11) is 0. The maximum absolute atomic E-state index is 13.0. The van der Waals surface area contributed by atoms with Crippen LogP contribution < -0.4 is 0 Å². The maximum atomic E-state index is 13.0. The molecule has 0 saturated carbocycles. The predicted octanol–water partition coefficient (Wildman–Crippen LogP) is 3.12. The highest BCUT2D eigenvalue weighted by Gasteiger charge is 2.12. The molecule has 0 aromatic heterocycles. The van der Waals surface area contributed by atoms with Crippen LogP contribution in [0.5, 0.6) is 5.75 Å². The lowest BCUT2D eigenvalue weighted by atomic mass is 9.97. The molecule has 0 radical (unpaired) electrons. The Kier molecular flexibility index (Phi) is 3.63. The molecule has 0 aliphatic heterocycles. The molecule has 1 atom stereocenters. The van der Waals surface area contributed by atoms with Crippen molar-refractivity contribution < 1.29 is 14.6 Å². The standard InChI is InChI=1S/C15H15FO2/c1-10-7-12(16)5-6-14(10)15(18)9-11-3-2-4-13(17)8-11/h2-8,15,17-18H,9H2,1H3. The first-order valence-corrected chi connectivity index (χ1v) is 5.78. The minimum absolute atomic E-state index is 0.176. The van der Waals surface area contributed by atoms with Gasteiger partial charge in [-0.1, -0.05) is 18.2 Å². The molecule has 2 rings (SSSR count). The lowest BCUT2D eigenvalue weighted by Gasteiger charge is -2.14. The van der Waals surface area contributed by atoms with Gasteiger partial charge in [0.15, 0.2) is 0 Å². The number of aliphatic hydroxyl groups is 1. The number of hydrogen-bond donors (Lipinski definition) is 2. The van der Waals surface area contributed by atoms with Gasteiger partial charge in [0, 0.05) is 6.42 Å². The van der Waals surface area contributed by atoms with Crippen LogP contribution in [0.25, 0.3) is 0 Å². The maximum Gasteiger partial charge on any atom is 0.123 e. The van der Waals surface area contributed by atoms with Crippen LogP contribution in [-0.2, 0) is 6.42 Å². The van der Waals surface area contributed by atoms with Crippen LogP contribution in [0.3, 0.4) is 0 Å². The zero-order valence-corrected chi connectivity index (χ0v) is 10.1. The summed E-state index contributed by atoms with van der Waals surface area (Å²) in [5.74, 6) is -0.128. The third kappa shape index (κ3) is 2.87. The molecule has 0 amide bonds. The van der Waals surface area contributed by atoms with Crippen molar-refractivity contribution in [3.8, 4) is 5.75 Å². The van der Waals surface area contributed by atoms with E-state index < -0.39 is 6.10 Å². The quantitative estimate of drug-likeness (QED) is 0.873. The first-order chi connectivity index (χ1) is 8.56. The lowest BCUT2D eigenvalue weighted by Crippen LogP contribution is -2.04. The SMILES string of the molecule is Cc1cc(F)ccc1C(O)Cc1cccc(O)c1. The third-order valence-corrected chi connectivity index (χ3v) is 2.93. The zero-order chi connectivity index (χ0) is 13.1. The van der Waals surface area contributed by atoms with E-state index in [1.165, 1.54) is 12.1 Å². The fourth-order valence-electron chi connectivity index (χ4n) is 2.03. The summed E-state index contributed by atoms with van der Waals surface area (Å²) in [6.45, 7) is 1.77. The Labute approximate surface area is 105 Å². The number of phenols is 1. The lowest BCUT2D eigenvalue weighted by molar-refractivity contribution is 0.177. The van der Waals surface area contributed by atoms with E-state index in [9.17, 15) is 14.6 Å². The molecule has 0 fully saturated rings. The topological polar surface area (TPSA) is 40.5 Å². The van der Waals surface area contributed by atoms with Gasteiger partial charge in [-0.25, -0.2) is 4.39 Å². The summed E-state index contributed by atoms with van der Waals surface area (Å²) in [6, 6.07) is 11.1. The van der Waals surface area contributed by atoms with E-state index in [0.717, 1.165) is 11.1 Å². The van der Waals surface area contributed by atoms with Crippen molar-refractivity contribution >= 4 is 0 Å². The van der Waals surface area contributed by atoms with Crippen LogP contribution in [0.1, 0.15) is 22.8 Å². The molecule has 0 heterocycles. The predicted molar refractivity (Wildman–Crippen MR) is 67.9 cm³/mol. The molecular weight excluding hydrogens is 231 g/mol. The van der Waals surface area contributed by atoms with Gasteiger partial charge in [0.05, 0.1) is 6.10 Å².